The number of hydrogen-bond acceptors (Lipinski definition) is 5. The molecule has 0 atom stereocenters. The second-order valence-electron chi connectivity index (χ2n) is 7.71. The lowest BCUT2D eigenvalue weighted by Crippen LogP contribution is -2.27. The molecule has 0 aliphatic carbocycles. The van der Waals surface area contributed by atoms with E-state index >= 15 is 0 Å². The molecule has 1 fully saturated rings. The van der Waals surface area contributed by atoms with Crippen LogP contribution >= 0.6 is 27.7 Å². The van der Waals surface area contributed by atoms with Gasteiger partial charge in [-0.25, -0.2) is 4.39 Å². The number of imide groups is 1. The number of carbonyl (C=O) groups is 2. The zero-order chi connectivity index (χ0) is 24.2. The smallest absolute Gasteiger partial charge is 0.293 e. The van der Waals surface area contributed by atoms with Gasteiger partial charge in [-0.05, 0) is 81.6 Å². The fraction of sp³-hybridized carbons (Fsp3) is 0.154. The van der Waals surface area contributed by atoms with Gasteiger partial charge in [0.1, 0.15) is 12.4 Å². The molecule has 0 unspecified atom stereocenters. The SMILES string of the molecule is COc1cc(/C=C2\SC(=O)N(Cc3ccc(C)cc3)C2=O)cc(Br)c1OCc1cccc(F)c1. The van der Waals surface area contributed by atoms with E-state index < -0.39 is 0 Å². The highest BCUT2D eigenvalue weighted by atomic mass is 79.9. The van der Waals surface area contributed by atoms with Crippen LogP contribution in [0, 0.1) is 12.7 Å². The number of aryl methyl sites for hydroxylation is 1. The molecule has 0 N–H and O–H groups in total. The molecular formula is C26H21BrFNO4S. The minimum Gasteiger partial charge on any atom is -0.493 e. The molecule has 1 aliphatic heterocycles. The molecule has 1 heterocycles. The summed E-state index contributed by atoms with van der Waals surface area (Å²) in [7, 11) is 1.51. The molecule has 4 rings (SSSR count). The number of amides is 2. The summed E-state index contributed by atoms with van der Waals surface area (Å²) in [6.45, 7) is 2.36. The van der Waals surface area contributed by atoms with Gasteiger partial charge in [-0.1, -0.05) is 42.0 Å². The van der Waals surface area contributed by atoms with E-state index in [4.69, 9.17) is 9.47 Å². The van der Waals surface area contributed by atoms with E-state index in [-0.39, 0.29) is 30.1 Å². The van der Waals surface area contributed by atoms with E-state index in [9.17, 15) is 14.0 Å². The van der Waals surface area contributed by atoms with Crippen LogP contribution in [0.25, 0.3) is 6.08 Å². The second-order valence-corrected chi connectivity index (χ2v) is 9.55. The van der Waals surface area contributed by atoms with Crippen molar-refractivity contribution in [3.8, 4) is 11.5 Å². The van der Waals surface area contributed by atoms with E-state index in [1.807, 2.05) is 31.2 Å². The number of nitrogens with zero attached hydrogens (tertiary/aromatic N) is 1. The number of benzene rings is 3. The molecule has 1 aliphatic rings. The van der Waals surface area contributed by atoms with Crippen molar-refractivity contribution in [2.75, 3.05) is 7.11 Å². The maximum absolute atomic E-state index is 13.4. The first-order valence-corrected chi connectivity index (χ1v) is 12.0. The third-order valence-electron chi connectivity index (χ3n) is 5.16. The predicted molar refractivity (Wildman–Crippen MR) is 134 cm³/mol. The molecule has 8 heteroatoms. The van der Waals surface area contributed by atoms with Gasteiger partial charge in [0.15, 0.2) is 11.5 Å². The maximum Gasteiger partial charge on any atom is 0.293 e. The molecule has 0 saturated carbocycles. The third-order valence-corrected chi connectivity index (χ3v) is 6.65. The summed E-state index contributed by atoms with van der Waals surface area (Å²) in [5.74, 6) is 0.225. The molecule has 5 nitrogen and oxygen atoms in total. The lowest BCUT2D eigenvalue weighted by molar-refractivity contribution is -0.123. The molecule has 0 radical (unpaired) electrons. The number of ether oxygens (including phenoxy) is 2. The highest BCUT2D eigenvalue weighted by molar-refractivity contribution is 9.10. The molecule has 0 spiro atoms. The van der Waals surface area contributed by atoms with Crippen LogP contribution in [0.1, 0.15) is 22.3 Å². The summed E-state index contributed by atoms with van der Waals surface area (Å²) < 4.78 is 25.4. The van der Waals surface area contributed by atoms with Crippen LogP contribution in [0.4, 0.5) is 9.18 Å². The molecule has 3 aromatic rings. The minimum atomic E-state index is -0.336. The van der Waals surface area contributed by atoms with Gasteiger partial charge in [0, 0.05) is 0 Å². The van der Waals surface area contributed by atoms with Gasteiger partial charge in [0.2, 0.25) is 0 Å². The van der Waals surface area contributed by atoms with E-state index in [1.165, 1.54) is 24.1 Å². The van der Waals surface area contributed by atoms with E-state index in [1.54, 1.807) is 30.3 Å². The Labute approximate surface area is 209 Å². The number of rotatable bonds is 7. The highest BCUT2D eigenvalue weighted by Crippen LogP contribution is 2.39. The Bertz CT molecular complexity index is 1280. The summed E-state index contributed by atoms with van der Waals surface area (Å²) in [5, 5.41) is -0.307. The van der Waals surface area contributed by atoms with E-state index in [2.05, 4.69) is 15.9 Å². The fourth-order valence-corrected chi connectivity index (χ4v) is 4.82. The third kappa shape index (κ3) is 5.51. The molecule has 34 heavy (non-hydrogen) atoms. The number of halogens is 2. The Balaban J connectivity index is 1.53. The van der Waals surface area contributed by atoms with Crippen LogP contribution in [-0.4, -0.2) is 23.2 Å². The second kappa shape index (κ2) is 10.4. The average Bonchev–Trinajstić information content (AvgIpc) is 3.06. The van der Waals surface area contributed by atoms with Crippen LogP contribution in [0.3, 0.4) is 0 Å². The van der Waals surface area contributed by atoms with Crippen molar-refractivity contribution >= 4 is 44.9 Å². The average molecular weight is 542 g/mol. The lowest BCUT2D eigenvalue weighted by Gasteiger charge is -2.14. The summed E-state index contributed by atoms with van der Waals surface area (Å²) >= 11 is 4.39. The number of methoxy groups -OCH3 is 1. The van der Waals surface area contributed by atoms with Crippen molar-refractivity contribution < 1.29 is 23.5 Å². The Hall–Kier alpha value is -3.10. The van der Waals surface area contributed by atoms with Crippen LogP contribution in [0.5, 0.6) is 11.5 Å². The Kier molecular flexibility index (Phi) is 7.38. The van der Waals surface area contributed by atoms with Gasteiger partial charge in [-0.3, -0.25) is 14.5 Å². The quantitative estimate of drug-likeness (QED) is 0.310. The van der Waals surface area contributed by atoms with Crippen molar-refractivity contribution in [3.63, 3.8) is 0 Å². The monoisotopic (exact) mass is 541 g/mol. The van der Waals surface area contributed by atoms with Gasteiger partial charge >= 0.3 is 0 Å². The lowest BCUT2D eigenvalue weighted by atomic mass is 10.1. The largest absolute Gasteiger partial charge is 0.493 e. The normalized spacial score (nSPS) is 14.7. The van der Waals surface area contributed by atoms with Crippen LogP contribution in [0.15, 0.2) is 70.0 Å². The van der Waals surface area contributed by atoms with E-state index in [0.29, 0.717) is 32.0 Å². The molecule has 2 amide bonds. The Morgan fingerprint density at radius 3 is 2.53 bits per heavy atom. The summed E-state index contributed by atoms with van der Waals surface area (Å²) in [6.07, 6.45) is 1.66. The minimum absolute atomic E-state index is 0.157. The summed E-state index contributed by atoms with van der Waals surface area (Å²) in [5.41, 5.74) is 3.35. The van der Waals surface area contributed by atoms with Crippen LogP contribution < -0.4 is 9.47 Å². The zero-order valence-electron chi connectivity index (χ0n) is 18.5. The summed E-state index contributed by atoms with van der Waals surface area (Å²) in [4.78, 5) is 27.0. The van der Waals surface area contributed by atoms with Gasteiger partial charge in [0.25, 0.3) is 11.1 Å². The molecular weight excluding hydrogens is 521 g/mol. The number of carbonyl (C=O) groups excluding carboxylic acids is 2. The van der Waals surface area contributed by atoms with Crippen molar-refractivity contribution in [1.29, 1.82) is 0 Å². The van der Waals surface area contributed by atoms with Crippen molar-refractivity contribution in [1.82, 2.24) is 4.90 Å². The topological polar surface area (TPSA) is 55.8 Å². The molecule has 174 valence electrons. The standard InChI is InChI=1S/C26H21BrFNO4S/c1-16-6-8-17(9-7-16)14-29-25(30)23(34-26(29)31)13-19-11-21(27)24(22(12-19)32-2)33-15-18-4-3-5-20(28)10-18/h3-13H,14-15H2,1-2H3/b23-13-. The van der Waals surface area contributed by atoms with Crippen molar-refractivity contribution in [2.45, 2.75) is 20.1 Å². The number of thioether (sulfide) groups is 1. The highest BCUT2D eigenvalue weighted by Gasteiger charge is 2.35. The van der Waals surface area contributed by atoms with Gasteiger partial charge in [0.05, 0.1) is 23.0 Å². The predicted octanol–water partition coefficient (Wildman–Crippen LogP) is 6.72. The molecule has 0 bridgehead atoms. The zero-order valence-corrected chi connectivity index (χ0v) is 20.9. The van der Waals surface area contributed by atoms with Crippen LogP contribution in [0.2, 0.25) is 0 Å². The Morgan fingerprint density at radius 2 is 1.82 bits per heavy atom. The Morgan fingerprint density at radius 1 is 1.06 bits per heavy atom. The first-order valence-electron chi connectivity index (χ1n) is 10.4. The maximum atomic E-state index is 13.4. The first kappa shape index (κ1) is 24.0. The fourth-order valence-electron chi connectivity index (χ4n) is 3.41. The number of hydrogen-bond donors (Lipinski definition) is 0. The molecule has 1 saturated heterocycles. The molecule has 3 aromatic carbocycles. The first-order chi connectivity index (χ1) is 16.3. The van der Waals surface area contributed by atoms with Crippen molar-refractivity contribution in [3.05, 3.63) is 98.1 Å². The molecule has 0 aromatic heterocycles. The summed E-state index contributed by atoms with van der Waals surface area (Å²) in [6, 6.07) is 17.4. The van der Waals surface area contributed by atoms with Gasteiger partial charge in [-0.2, -0.15) is 0 Å². The van der Waals surface area contributed by atoms with Gasteiger partial charge < -0.3 is 9.47 Å². The van der Waals surface area contributed by atoms with Crippen LogP contribution in [-0.2, 0) is 17.9 Å². The van der Waals surface area contributed by atoms with E-state index in [0.717, 1.165) is 22.9 Å². The van der Waals surface area contributed by atoms with Crippen molar-refractivity contribution in [2.24, 2.45) is 0 Å². The van der Waals surface area contributed by atoms with Gasteiger partial charge in [-0.15, -0.1) is 0 Å².